The number of hydrazone groups is 1. The number of hydrogen-bond acceptors (Lipinski definition) is 7. The summed E-state index contributed by atoms with van der Waals surface area (Å²) in [7, 11) is 1.67. The Morgan fingerprint density at radius 1 is 1.37 bits per heavy atom. The average Bonchev–Trinajstić information content (AvgIpc) is 2.99. The van der Waals surface area contributed by atoms with Gasteiger partial charge >= 0.3 is 5.97 Å². The molecule has 0 unspecified atom stereocenters. The van der Waals surface area contributed by atoms with Crippen LogP contribution in [0.15, 0.2) is 35.6 Å². The maximum absolute atomic E-state index is 11.9. The van der Waals surface area contributed by atoms with Crippen molar-refractivity contribution in [3.05, 3.63) is 46.7 Å². The monoisotopic (exact) mass is 410 g/mol. The van der Waals surface area contributed by atoms with Gasteiger partial charge in [-0.05, 0) is 36.1 Å². The van der Waals surface area contributed by atoms with Gasteiger partial charge in [0.2, 0.25) is 0 Å². The molecule has 0 aliphatic heterocycles. The number of rotatable bonds is 9. The van der Waals surface area contributed by atoms with Gasteiger partial charge in [0.05, 0.1) is 11.2 Å². The van der Waals surface area contributed by atoms with Crippen LogP contribution in [-0.2, 0) is 16.6 Å². The summed E-state index contributed by atoms with van der Waals surface area (Å²) in [6.07, 6.45) is 4.93. The van der Waals surface area contributed by atoms with Gasteiger partial charge in [-0.2, -0.15) is 22.0 Å². The van der Waals surface area contributed by atoms with Crippen LogP contribution >= 0.6 is 23.4 Å². The van der Waals surface area contributed by atoms with Gasteiger partial charge < -0.3 is 9.47 Å². The van der Waals surface area contributed by atoms with Crippen molar-refractivity contribution in [3.8, 4) is 5.75 Å². The molecule has 0 fully saturated rings. The van der Waals surface area contributed by atoms with E-state index in [-0.39, 0.29) is 17.3 Å². The molecule has 0 spiro atoms. The van der Waals surface area contributed by atoms with Crippen LogP contribution in [0.5, 0.6) is 5.75 Å². The van der Waals surface area contributed by atoms with Crippen LogP contribution in [0.25, 0.3) is 0 Å². The van der Waals surface area contributed by atoms with Gasteiger partial charge in [-0.25, -0.2) is 10.2 Å². The molecule has 144 valence electrons. The van der Waals surface area contributed by atoms with Crippen molar-refractivity contribution in [3.63, 3.8) is 0 Å². The fourth-order valence-corrected chi connectivity index (χ4v) is 2.42. The van der Waals surface area contributed by atoms with E-state index < -0.39 is 11.9 Å². The standard InChI is InChI=1S/C17H19ClN4O4S/c1-22-10-14(18)16(21-22)17(24)20-19-9-12-3-5-13(6-4-12)26-11-15(23)25-7-8-27-2/h3-6,9-10H,7-8,11H2,1-2H3,(H,20,24). The van der Waals surface area contributed by atoms with Crippen molar-refractivity contribution in [2.75, 3.05) is 25.2 Å². The van der Waals surface area contributed by atoms with Crippen LogP contribution in [0, 0.1) is 0 Å². The number of esters is 1. The van der Waals surface area contributed by atoms with E-state index in [0.29, 0.717) is 12.4 Å². The lowest BCUT2D eigenvalue weighted by atomic mass is 10.2. The molecule has 0 saturated carbocycles. The minimum atomic E-state index is -0.503. The molecule has 10 heteroatoms. The van der Waals surface area contributed by atoms with Gasteiger partial charge in [0.15, 0.2) is 12.3 Å². The van der Waals surface area contributed by atoms with E-state index in [2.05, 4.69) is 15.6 Å². The van der Waals surface area contributed by atoms with E-state index in [9.17, 15) is 9.59 Å². The maximum Gasteiger partial charge on any atom is 0.344 e. The van der Waals surface area contributed by atoms with Crippen LogP contribution in [0.1, 0.15) is 16.1 Å². The number of carbonyl (C=O) groups excluding carboxylic acids is 2. The van der Waals surface area contributed by atoms with Crippen LogP contribution < -0.4 is 10.2 Å². The number of nitrogens with one attached hydrogen (secondary N) is 1. The van der Waals surface area contributed by atoms with Crippen molar-refractivity contribution in [2.45, 2.75) is 0 Å². The molecule has 1 aromatic carbocycles. The smallest absolute Gasteiger partial charge is 0.344 e. The van der Waals surface area contributed by atoms with Crippen molar-refractivity contribution in [1.29, 1.82) is 0 Å². The largest absolute Gasteiger partial charge is 0.482 e. The third-order valence-corrected chi connectivity index (χ3v) is 4.02. The zero-order valence-electron chi connectivity index (χ0n) is 14.8. The molecule has 1 N–H and O–H groups in total. The van der Waals surface area contributed by atoms with E-state index in [1.54, 1.807) is 43.1 Å². The molecule has 27 heavy (non-hydrogen) atoms. The summed E-state index contributed by atoms with van der Waals surface area (Å²) in [5, 5.41) is 8.06. The number of nitrogens with zero attached hydrogens (tertiary/aromatic N) is 3. The second-order valence-corrected chi connectivity index (χ2v) is 6.66. The highest BCUT2D eigenvalue weighted by Gasteiger charge is 2.13. The second-order valence-electron chi connectivity index (χ2n) is 5.27. The SMILES string of the molecule is CSCCOC(=O)COc1ccc(C=NNC(=O)c2nn(C)cc2Cl)cc1. The third kappa shape index (κ3) is 6.95. The molecule has 8 nitrogen and oxygen atoms in total. The topological polar surface area (TPSA) is 94.8 Å². The zero-order chi connectivity index (χ0) is 19.6. The van der Waals surface area contributed by atoms with Gasteiger partial charge in [0, 0.05) is 19.0 Å². The number of halogens is 1. The quantitative estimate of drug-likeness (QED) is 0.294. The summed E-state index contributed by atoms with van der Waals surface area (Å²) in [6, 6.07) is 6.84. The van der Waals surface area contributed by atoms with Gasteiger partial charge in [-0.3, -0.25) is 9.48 Å². The normalized spacial score (nSPS) is 10.8. The molecule has 1 aromatic heterocycles. The number of benzene rings is 1. The molecule has 1 heterocycles. The molecule has 0 aliphatic rings. The Morgan fingerprint density at radius 2 is 2.11 bits per heavy atom. The van der Waals surface area contributed by atoms with Crippen molar-refractivity contribution in [1.82, 2.24) is 15.2 Å². The number of ether oxygens (including phenoxy) is 2. The van der Waals surface area contributed by atoms with Crippen LogP contribution in [-0.4, -0.2) is 53.1 Å². The Balaban J connectivity index is 1.79. The number of carbonyl (C=O) groups is 2. The third-order valence-electron chi connectivity index (χ3n) is 3.17. The Hall–Kier alpha value is -2.52. The van der Waals surface area contributed by atoms with Gasteiger partial charge in [0.25, 0.3) is 5.91 Å². The van der Waals surface area contributed by atoms with Crippen LogP contribution in [0.2, 0.25) is 5.02 Å². The van der Waals surface area contributed by atoms with Crippen LogP contribution in [0.4, 0.5) is 0 Å². The summed E-state index contributed by atoms with van der Waals surface area (Å²) < 4.78 is 11.8. The highest BCUT2D eigenvalue weighted by Crippen LogP contribution is 2.13. The lowest BCUT2D eigenvalue weighted by molar-refractivity contribution is -0.145. The van der Waals surface area contributed by atoms with Gasteiger partial charge in [-0.15, -0.1) is 0 Å². The van der Waals surface area contributed by atoms with E-state index >= 15 is 0 Å². The summed E-state index contributed by atoms with van der Waals surface area (Å²) in [5.41, 5.74) is 3.19. The van der Waals surface area contributed by atoms with Crippen molar-refractivity contribution < 1.29 is 19.1 Å². The first-order chi connectivity index (χ1) is 13.0. The summed E-state index contributed by atoms with van der Waals surface area (Å²) in [4.78, 5) is 23.4. The highest BCUT2D eigenvalue weighted by molar-refractivity contribution is 7.98. The Bertz CT molecular complexity index is 808. The highest BCUT2D eigenvalue weighted by atomic mass is 35.5. The molecular formula is C17H19ClN4O4S. The number of aryl methyl sites for hydroxylation is 1. The minimum absolute atomic E-state index is 0.101. The molecule has 0 saturated heterocycles. The Morgan fingerprint density at radius 3 is 2.74 bits per heavy atom. The molecular weight excluding hydrogens is 392 g/mol. The van der Waals surface area contributed by atoms with Gasteiger partial charge in [0.1, 0.15) is 12.4 Å². The predicted octanol–water partition coefficient (Wildman–Crippen LogP) is 2.12. The lowest BCUT2D eigenvalue weighted by Gasteiger charge is -2.06. The number of amides is 1. The van der Waals surface area contributed by atoms with Crippen molar-refractivity contribution in [2.24, 2.45) is 12.1 Å². The van der Waals surface area contributed by atoms with E-state index in [0.717, 1.165) is 11.3 Å². The molecule has 0 radical (unpaired) electrons. The maximum atomic E-state index is 11.9. The fraction of sp³-hybridized carbons (Fsp3) is 0.294. The zero-order valence-corrected chi connectivity index (χ0v) is 16.4. The predicted molar refractivity (Wildman–Crippen MR) is 105 cm³/mol. The first kappa shape index (κ1) is 20.8. The second kappa shape index (κ2) is 10.6. The molecule has 0 atom stereocenters. The molecule has 2 rings (SSSR count). The number of aromatic nitrogens is 2. The minimum Gasteiger partial charge on any atom is -0.482 e. The summed E-state index contributed by atoms with van der Waals surface area (Å²) >= 11 is 7.50. The summed E-state index contributed by atoms with van der Waals surface area (Å²) in [6.45, 7) is 0.219. The number of thioether (sulfide) groups is 1. The number of hydrogen-bond donors (Lipinski definition) is 1. The Kier molecular flexibility index (Phi) is 8.15. The first-order valence-electron chi connectivity index (χ1n) is 7.89. The van der Waals surface area contributed by atoms with E-state index in [1.807, 2.05) is 6.26 Å². The van der Waals surface area contributed by atoms with E-state index in [1.165, 1.54) is 17.1 Å². The van der Waals surface area contributed by atoms with Gasteiger partial charge in [-0.1, -0.05) is 11.6 Å². The van der Waals surface area contributed by atoms with Crippen molar-refractivity contribution >= 4 is 41.5 Å². The molecule has 1 amide bonds. The lowest BCUT2D eigenvalue weighted by Crippen LogP contribution is -2.18. The summed E-state index contributed by atoms with van der Waals surface area (Å²) in [5.74, 6) is 0.365. The Labute approximate surface area is 165 Å². The fourth-order valence-electron chi connectivity index (χ4n) is 1.90. The molecule has 0 aliphatic carbocycles. The average molecular weight is 411 g/mol. The van der Waals surface area contributed by atoms with Crippen LogP contribution in [0.3, 0.4) is 0 Å². The molecule has 0 bridgehead atoms. The van der Waals surface area contributed by atoms with E-state index in [4.69, 9.17) is 21.1 Å². The molecule has 2 aromatic rings. The first-order valence-corrected chi connectivity index (χ1v) is 9.66.